The molecule has 0 atom stereocenters. The van der Waals surface area contributed by atoms with Gasteiger partial charge in [-0.15, -0.1) is 0 Å². The van der Waals surface area contributed by atoms with Gasteiger partial charge in [0.15, 0.2) is 5.78 Å². The molecule has 0 aliphatic heterocycles. The minimum absolute atomic E-state index is 0.211. The molecular formula is C15H24N2O. The summed E-state index contributed by atoms with van der Waals surface area (Å²) in [4.78, 5) is 16.5. The molecule has 0 aromatic heterocycles. The van der Waals surface area contributed by atoms with Gasteiger partial charge in [-0.25, -0.2) is 0 Å². The molecule has 0 amide bonds. The molecule has 0 unspecified atom stereocenters. The molecule has 0 bridgehead atoms. The molecule has 1 aromatic carbocycles. The highest BCUT2D eigenvalue weighted by atomic mass is 16.1. The van der Waals surface area contributed by atoms with E-state index >= 15 is 0 Å². The summed E-state index contributed by atoms with van der Waals surface area (Å²) in [5.74, 6) is 0.211. The topological polar surface area (TPSA) is 23.6 Å². The molecule has 1 rings (SSSR count). The van der Waals surface area contributed by atoms with Crippen molar-refractivity contribution in [3.8, 4) is 0 Å². The average molecular weight is 248 g/mol. The Bertz CT molecular complexity index is 349. The highest BCUT2D eigenvalue weighted by Gasteiger charge is 2.11. The SMILES string of the molecule is CCCN(CCN(C)C)CC(=O)c1ccccc1. The molecule has 0 aliphatic carbocycles. The zero-order valence-corrected chi connectivity index (χ0v) is 11.7. The van der Waals surface area contributed by atoms with Crippen LogP contribution in [0.25, 0.3) is 0 Å². The van der Waals surface area contributed by atoms with Crippen molar-refractivity contribution in [3.63, 3.8) is 0 Å². The predicted octanol–water partition coefficient (Wildman–Crippen LogP) is 2.14. The predicted molar refractivity (Wildman–Crippen MR) is 76.1 cm³/mol. The summed E-state index contributed by atoms with van der Waals surface area (Å²) in [5, 5.41) is 0. The maximum Gasteiger partial charge on any atom is 0.176 e. The summed E-state index contributed by atoms with van der Waals surface area (Å²) >= 11 is 0. The molecule has 0 fully saturated rings. The second-order valence-electron chi connectivity index (χ2n) is 4.87. The number of likely N-dealkylation sites (N-methyl/N-ethyl adjacent to an activating group) is 1. The van der Waals surface area contributed by atoms with Gasteiger partial charge >= 0.3 is 0 Å². The number of rotatable bonds is 8. The Morgan fingerprint density at radius 2 is 1.72 bits per heavy atom. The zero-order valence-electron chi connectivity index (χ0n) is 11.7. The van der Waals surface area contributed by atoms with E-state index < -0.39 is 0 Å². The van der Waals surface area contributed by atoms with E-state index in [-0.39, 0.29) is 5.78 Å². The Hall–Kier alpha value is -1.19. The molecule has 0 heterocycles. The van der Waals surface area contributed by atoms with E-state index in [1.54, 1.807) is 0 Å². The Morgan fingerprint density at radius 1 is 1.06 bits per heavy atom. The van der Waals surface area contributed by atoms with Crippen molar-refractivity contribution < 1.29 is 4.79 Å². The van der Waals surface area contributed by atoms with E-state index in [0.29, 0.717) is 6.54 Å². The number of nitrogens with zero attached hydrogens (tertiary/aromatic N) is 2. The molecular weight excluding hydrogens is 224 g/mol. The molecule has 1 aromatic rings. The number of benzene rings is 1. The van der Waals surface area contributed by atoms with Crippen LogP contribution in [0.5, 0.6) is 0 Å². The molecule has 3 nitrogen and oxygen atoms in total. The van der Waals surface area contributed by atoms with E-state index in [9.17, 15) is 4.79 Å². The van der Waals surface area contributed by atoms with Crippen molar-refractivity contribution in [2.75, 3.05) is 40.3 Å². The molecule has 0 spiro atoms. The third-order valence-electron chi connectivity index (χ3n) is 2.87. The Balaban J connectivity index is 2.52. The number of hydrogen-bond acceptors (Lipinski definition) is 3. The van der Waals surface area contributed by atoms with Crippen LogP contribution >= 0.6 is 0 Å². The van der Waals surface area contributed by atoms with Gasteiger partial charge in [0.05, 0.1) is 6.54 Å². The van der Waals surface area contributed by atoms with Crippen LogP contribution in [0.4, 0.5) is 0 Å². The fourth-order valence-corrected chi connectivity index (χ4v) is 1.85. The smallest absolute Gasteiger partial charge is 0.176 e. The van der Waals surface area contributed by atoms with Gasteiger partial charge in [-0.05, 0) is 27.1 Å². The molecule has 3 heteroatoms. The van der Waals surface area contributed by atoms with Gasteiger partial charge < -0.3 is 4.90 Å². The summed E-state index contributed by atoms with van der Waals surface area (Å²) in [5.41, 5.74) is 0.809. The van der Waals surface area contributed by atoms with Crippen molar-refractivity contribution in [2.24, 2.45) is 0 Å². The molecule has 0 saturated carbocycles. The van der Waals surface area contributed by atoms with E-state index in [2.05, 4.69) is 30.8 Å². The minimum Gasteiger partial charge on any atom is -0.308 e. The molecule has 18 heavy (non-hydrogen) atoms. The summed E-state index contributed by atoms with van der Waals surface area (Å²) in [6.07, 6.45) is 1.08. The van der Waals surface area contributed by atoms with E-state index in [1.807, 2.05) is 30.3 Å². The molecule has 0 saturated heterocycles. The van der Waals surface area contributed by atoms with Crippen LogP contribution in [0.15, 0.2) is 30.3 Å². The summed E-state index contributed by atoms with van der Waals surface area (Å²) in [6.45, 7) is 5.58. The first-order valence-electron chi connectivity index (χ1n) is 6.58. The lowest BCUT2D eigenvalue weighted by molar-refractivity contribution is 0.0925. The fraction of sp³-hybridized carbons (Fsp3) is 0.533. The lowest BCUT2D eigenvalue weighted by Gasteiger charge is -2.22. The summed E-state index contributed by atoms with van der Waals surface area (Å²) in [6, 6.07) is 9.54. The first-order chi connectivity index (χ1) is 8.63. The zero-order chi connectivity index (χ0) is 13.4. The minimum atomic E-state index is 0.211. The number of hydrogen-bond donors (Lipinski definition) is 0. The van der Waals surface area contributed by atoms with Crippen molar-refractivity contribution in [2.45, 2.75) is 13.3 Å². The van der Waals surface area contributed by atoms with Gasteiger partial charge in [-0.1, -0.05) is 37.3 Å². The van der Waals surface area contributed by atoms with Crippen molar-refractivity contribution in [1.29, 1.82) is 0 Å². The monoisotopic (exact) mass is 248 g/mol. The van der Waals surface area contributed by atoms with Gasteiger partial charge in [0.2, 0.25) is 0 Å². The second-order valence-corrected chi connectivity index (χ2v) is 4.87. The van der Waals surface area contributed by atoms with Crippen molar-refractivity contribution in [3.05, 3.63) is 35.9 Å². The molecule has 0 aliphatic rings. The Morgan fingerprint density at radius 3 is 2.28 bits per heavy atom. The van der Waals surface area contributed by atoms with Crippen LogP contribution in [0, 0.1) is 0 Å². The Labute approximate surface area is 110 Å². The van der Waals surface area contributed by atoms with Crippen molar-refractivity contribution >= 4 is 5.78 Å². The lowest BCUT2D eigenvalue weighted by Crippen LogP contribution is -2.36. The van der Waals surface area contributed by atoms with E-state index in [0.717, 1.165) is 31.6 Å². The van der Waals surface area contributed by atoms with Crippen LogP contribution in [0.2, 0.25) is 0 Å². The second kappa shape index (κ2) is 8.01. The first-order valence-corrected chi connectivity index (χ1v) is 6.58. The van der Waals surface area contributed by atoms with Crippen LogP contribution in [0.3, 0.4) is 0 Å². The number of Topliss-reactive ketones (excluding diaryl/α,β-unsaturated/α-hetero) is 1. The molecule has 0 radical (unpaired) electrons. The number of ketones is 1. The van der Waals surface area contributed by atoms with Crippen molar-refractivity contribution in [1.82, 2.24) is 9.80 Å². The summed E-state index contributed by atoms with van der Waals surface area (Å²) < 4.78 is 0. The normalized spacial score (nSPS) is 11.2. The van der Waals surface area contributed by atoms with Gasteiger partial charge in [-0.3, -0.25) is 9.69 Å². The highest BCUT2D eigenvalue weighted by molar-refractivity contribution is 5.97. The van der Waals surface area contributed by atoms with Crippen LogP contribution in [-0.2, 0) is 0 Å². The maximum absolute atomic E-state index is 12.1. The van der Waals surface area contributed by atoms with E-state index in [1.165, 1.54) is 0 Å². The van der Waals surface area contributed by atoms with Gasteiger partial charge in [0.25, 0.3) is 0 Å². The van der Waals surface area contributed by atoms with Crippen LogP contribution in [0.1, 0.15) is 23.7 Å². The van der Waals surface area contributed by atoms with Crippen LogP contribution < -0.4 is 0 Å². The quantitative estimate of drug-likeness (QED) is 0.659. The summed E-state index contributed by atoms with van der Waals surface area (Å²) in [7, 11) is 4.12. The lowest BCUT2D eigenvalue weighted by atomic mass is 10.1. The molecule has 100 valence electrons. The standard InChI is InChI=1S/C15H24N2O/c1-4-10-17(12-11-16(2)3)13-15(18)14-8-6-5-7-9-14/h5-9H,4,10-13H2,1-3H3. The third-order valence-corrected chi connectivity index (χ3v) is 2.87. The Kier molecular flexibility index (Phi) is 6.61. The van der Waals surface area contributed by atoms with Gasteiger partial charge in [-0.2, -0.15) is 0 Å². The fourth-order valence-electron chi connectivity index (χ4n) is 1.85. The van der Waals surface area contributed by atoms with Gasteiger partial charge in [0, 0.05) is 18.7 Å². The number of carbonyl (C=O) groups excluding carboxylic acids is 1. The number of carbonyl (C=O) groups is 1. The first kappa shape index (κ1) is 14.9. The highest BCUT2D eigenvalue weighted by Crippen LogP contribution is 2.02. The average Bonchev–Trinajstić information content (AvgIpc) is 2.37. The van der Waals surface area contributed by atoms with Gasteiger partial charge in [0.1, 0.15) is 0 Å². The molecule has 0 N–H and O–H groups in total. The maximum atomic E-state index is 12.1. The van der Waals surface area contributed by atoms with E-state index in [4.69, 9.17) is 0 Å². The van der Waals surface area contributed by atoms with Crippen LogP contribution in [-0.4, -0.2) is 55.9 Å². The largest absolute Gasteiger partial charge is 0.308 e. The third kappa shape index (κ3) is 5.43.